The van der Waals surface area contributed by atoms with Crippen LogP contribution in [0.25, 0.3) is 0 Å². The third kappa shape index (κ3) is 2.07. The fourth-order valence-corrected chi connectivity index (χ4v) is 2.52. The van der Waals surface area contributed by atoms with Crippen molar-refractivity contribution in [1.82, 2.24) is 14.9 Å². The van der Waals surface area contributed by atoms with Gasteiger partial charge < -0.3 is 9.88 Å². The summed E-state index contributed by atoms with van der Waals surface area (Å²) in [6.07, 6.45) is 9.47. The van der Waals surface area contributed by atoms with E-state index in [1.54, 1.807) is 0 Å². The molecule has 0 amide bonds. The number of imidazole rings is 1. The minimum Gasteiger partial charge on any atom is -0.334 e. The Kier molecular flexibility index (Phi) is 2.49. The van der Waals surface area contributed by atoms with Crippen molar-refractivity contribution in [3.05, 3.63) is 18.2 Å². The van der Waals surface area contributed by atoms with E-state index in [4.69, 9.17) is 0 Å². The molecule has 15 heavy (non-hydrogen) atoms. The maximum Gasteiger partial charge on any atom is 0.111 e. The van der Waals surface area contributed by atoms with E-state index in [9.17, 15) is 0 Å². The normalized spacial score (nSPS) is 23.2. The quantitative estimate of drug-likeness (QED) is 0.815. The second-order valence-electron chi connectivity index (χ2n) is 4.91. The van der Waals surface area contributed by atoms with Gasteiger partial charge in [0.05, 0.1) is 0 Å². The van der Waals surface area contributed by atoms with Gasteiger partial charge in [-0.25, -0.2) is 4.98 Å². The van der Waals surface area contributed by atoms with Crippen molar-refractivity contribution >= 4 is 0 Å². The standard InChI is InChI=1S/C12H19N3/c1-2-11(1)12-14-7-8-15(12)9-10-3-5-13-6-4-10/h7-8,10-11,13H,1-6,9H2. The van der Waals surface area contributed by atoms with Crippen molar-refractivity contribution < 1.29 is 0 Å². The van der Waals surface area contributed by atoms with Gasteiger partial charge in [0.15, 0.2) is 0 Å². The lowest BCUT2D eigenvalue weighted by Gasteiger charge is -2.23. The highest BCUT2D eigenvalue weighted by atomic mass is 15.1. The van der Waals surface area contributed by atoms with E-state index in [1.165, 1.54) is 51.1 Å². The zero-order chi connectivity index (χ0) is 10.1. The van der Waals surface area contributed by atoms with Gasteiger partial charge in [0.2, 0.25) is 0 Å². The number of nitrogens with zero attached hydrogens (tertiary/aromatic N) is 2. The number of hydrogen-bond donors (Lipinski definition) is 1. The molecule has 1 aliphatic heterocycles. The minimum atomic E-state index is 0.779. The molecule has 0 aromatic carbocycles. The second-order valence-corrected chi connectivity index (χ2v) is 4.91. The zero-order valence-electron chi connectivity index (χ0n) is 9.15. The molecule has 2 heterocycles. The van der Waals surface area contributed by atoms with Crippen molar-refractivity contribution in [2.75, 3.05) is 13.1 Å². The summed E-state index contributed by atoms with van der Waals surface area (Å²) in [6, 6.07) is 0. The summed E-state index contributed by atoms with van der Waals surface area (Å²) in [7, 11) is 0. The smallest absolute Gasteiger partial charge is 0.111 e. The molecule has 0 unspecified atom stereocenters. The highest BCUT2D eigenvalue weighted by Crippen LogP contribution is 2.39. The van der Waals surface area contributed by atoms with E-state index >= 15 is 0 Å². The molecule has 1 aliphatic carbocycles. The zero-order valence-corrected chi connectivity index (χ0v) is 9.15. The van der Waals surface area contributed by atoms with Gasteiger partial charge in [-0.15, -0.1) is 0 Å². The van der Waals surface area contributed by atoms with Gasteiger partial charge in [-0.2, -0.15) is 0 Å². The fraction of sp³-hybridized carbons (Fsp3) is 0.750. The molecule has 82 valence electrons. The van der Waals surface area contributed by atoms with Crippen molar-refractivity contribution in [1.29, 1.82) is 0 Å². The lowest BCUT2D eigenvalue weighted by Crippen LogP contribution is -2.30. The average Bonchev–Trinajstić information content (AvgIpc) is 3.02. The Labute approximate surface area is 90.9 Å². The van der Waals surface area contributed by atoms with Gasteiger partial charge in [-0.3, -0.25) is 0 Å². The number of piperidine rings is 1. The van der Waals surface area contributed by atoms with Crippen molar-refractivity contribution in [3.8, 4) is 0 Å². The summed E-state index contributed by atoms with van der Waals surface area (Å²) in [6.45, 7) is 3.57. The summed E-state index contributed by atoms with van der Waals surface area (Å²) in [4.78, 5) is 4.49. The van der Waals surface area contributed by atoms with Crippen LogP contribution in [-0.4, -0.2) is 22.6 Å². The lowest BCUT2D eigenvalue weighted by atomic mass is 9.98. The molecule has 1 aromatic rings. The predicted molar refractivity (Wildman–Crippen MR) is 59.8 cm³/mol. The third-order valence-corrected chi connectivity index (χ3v) is 3.60. The topological polar surface area (TPSA) is 29.9 Å². The monoisotopic (exact) mass is 205 g/mol. The molecule has 3 nitrogen and oxygen atoms in total. The largest absolute Gasteiger partial charge is 0.334 e. The van der Waals surface area contributed by atoms with Crippen LogP contribution >= 0.6 is 0 Å². The van der Waals surface area contributed by atoms with E-state index in [1.807, 2.05) is 6.20 Å². The van der Waals surface area contributed by atoms with Gasteiger partial charge in [0, 0.05) is 24.9 Å². The molecule has 1 saturated heterocycles. The summed E-state index contributed by atoms with van der Waals surface area (Å²) in [5.41, 5.74) is 0. The molecule has 1 saturated carbocycles. The Bertz CT molecular complexity index is 321. The lowest BCUT2D eigenvalue weighted by molar-refractivity contribution is 0.329. The minimum absolute atomic E-state index is 0.779. The molecule has 0 bridgehead atoms. The summed E-state index contributed by atoms with van der Waals surface area (Å²) < 4.78 is 2.40. The van der Waals surface area contributed by atoms with E-state index < -0.39 is 0 Å². The summed E-state index contributed by atoms with van der Waals surface area (Å²) in [5.74, 6) is 2.98. The van der Waals surface area contributed by atoms with Gasteiger partial charge in [-0.05, 0) is 44.7 Å². The van der Waals surface area contributed by atoms with Gasteiger partial charge in [-0.1, -0.05) is 0 Å². The first-order valence-electron chi connectivity index (χ1n) is 6.15. The number of hydrogen-bond acceptors (Lipinski definition) is 2. The van der Waals surface area contributed by atoms with Crippen LogP contribution in [0, 0.1) is 5.92 Å². The van der Waals surface area contributed by atoms with E-state index in [0.717, 1.165) is 11.8 Å². The predicted octanol–water partition coefficient (Wildman–Crippen LogP) is 1.76. The van der Waals surface area contributed by atoms with Gasteiger partial charge in [0.25, 0.3) is 0 Å². The Hall–Kier alpha value is -0.830. The number of rotatable bonds is 3. The van der Waals surface area contributed by atoms with Crippen LogP contribution in [-0.2, 0) is 6.54 Å². The highest BCUT2D eigenvalue weighted by Gasteiger charge is 2.28. The maximum atomic E-state index is 4.49. The molecule has 3 rings (SSSR count). The average molecular weight is 205 g/mol. The van der Waals surface area contributed by atoms with E-state index in [2.05, 4.69) is 21.1 Å². The van der Waals surface area contributed by atoms with E-state index in [0.29, 0.717) is 0 Å². The fourth-order valence-electron chi connectivity index (χ4n) is 2.52. The Balaban J connectivity index is 1.67. The van der Waals surface area contributed by atoms with E-state index in [-0.39, 0.29) is 0 Å². The molecule has 1 aromatic heterocycles. The first-order chi connectivity index (χ1) is 7.43. The molecular formula is C12H19N3. The molecule has 0 spiro atoms. The molecule has 2 aliphatic rings. The maximum absolute atomic E-state index is 4.49. The second kappa shape index (κ2) is 3.97. The number of aromatic nitrogens is 2. The van der Waals surface area contributed by atoms with Crippen LogP contribution in [0.5, 0.6) is 0 Å². The molecule has 2 fully saturated rings. The number of nitrogens with one attached hydrogen (secondary N) is 1. The Morgan fingerprint density at radius 2 is 2.07 bits per heavy atom. The van der Waals surface area contributed by atoms with Crippen LogP contribution in [0.15, 0.2) is 12.4 Å². The third-order valence-electron chi connectivity index (χ3n) is 3.60. The summed E-state index contributed by atoms with van der Waals surface area (Å²) >= 11 is 0. The van der Waals surface area contributed by atoms with Crippen molar-refractivity contribution in [2.24, 2.45) is 5.92 Å². The van der Waals surface area contributed by atoms with Gasteiger partial charge >= 0.3 is 0 Å². The molecule has 1 N–H and O–H groups in total. The highest BCUT2D eigenvalue weighted by molar-refractivity contribution is 5.07. The SMILES string of the molecule is c1cn(CC2CCNCC2)c(C2CC2)n1. The van der Waals surface area contributed by atoms with Crippen LogP contribution < -0.4 is 5.32 Å². The molecule has 3 heteroatoms. The van der Waals surface area contributed by atoms with Crippen LogP contribution in [0.4, 0.5) is 0 Å². The molecular weight excluding hydrogens is 186 g/mol. The summed E-state index contributed by atoms with van der Waals surface area (Å²) in [5, 5.41) is 3.42. The first kappa shape index (κ1) is 9.40. The van der Waals surface area contributed by atoms with Crippen LogP contribution in [0.1, 0.15) is 37.4 Å². The first-order valence-corrected chi connectivity index (χ1v) is 6.15. The van der Waals surface area contributed by atoms with Crippen molar-refractivity contribution in [2.45, 2.75) is 38.1 Å². The van der Waals surface area contributed by atoms with Crippen LogP contribution in [0.2, 0.25) is 0 Å². The van der Waals surface area contributed by atoms with Crippen LogP contribution in [0.3, 0.4) is 0 Å². The molecule has 0 atom stereocenters. The Morgan fingerprint density at radius 1 is 1.27 bits per heavy atom. The molecule has 0 radical (unpaired) electrons. The van der Waals surface area contributed by atoms with Gasteiger partial charge in [0.1, 0.15) is 5.82 Å². The van der Waals surface area contributed by atoms with Crippen molar-refractivity contribution in [3.63, 3.8) is 0 Å². The Morgan fingerprint density at radius 3 is 2.80 bits per heavy atom.